The van der Waals surface area contributed by atoms with Crippen molar-refractivity contribution in [1.29, 1.82) is 0 Å². The standard InChI is InChI=1S/C16H26N2OS/c19-10-4-3-9-18(14-7-8-14)12-15-11-17-16(20-15)13-5-1-2-6-13/h11,13-14,19H,1-10,12H2. The molecule has 0 bridgehead atoms. The molecular weight excluding hydrogens is 268 g/mol. The third-order valence-corrected chi connectivity index (χ3v) is 5.70. The van der Waals surface area contributed by atoms with E-state index < -0.39 is 0 Å². The van der Waals surface area contributed by atoms with Crippen LogP contribution < -0.4 is 0 Å². The zero-order chi connectivity index (χ0) is 13.8. The smallest absolute Gasteiger partial charge is 0.0959 e. The second kappa shape index (κ2) is 7.01. The molecule has 0 atom stereocenters. The van der Waals surface area contributed by atoms with E-state index in [2.05, 4.69) is 16.1 Å². The molecule has 0 amide bonds. The van der Waals surface area contributed by atoms with Crippen LogP contribution in [0.15, 0.2) is 6.20 Å². The third kappa shape index (κ3) is 3.80. The van der Waals surface area contributed by atoms with Crippen molar-refractivity contribution < 1.29 is 5.11 Å². The minimum Gasteiger partial charge on any atom is -0.396 e. The van der Waals surface area contributed by atoms with Crippen LogP contribution in [0.5, 0.6) is 0 Å². The molecule has 2 saturated carbocycles. The van der Waals surface area contributed by atoms with Crippen molar-refractivity contribution in [3.05, 3.63) is 16.1 Å². The second-order valence-electron chi connectivity index (χ2n) is 6.28. The highest BCUT2D eigenvalue weighted by atomic mass is 32.1. The number of aliphatic hydroxyl groups excluding tert-OH is 1. The van der Waals surface area contributed by atoms with Crippen molar-refractivity contribution in [3.63, 3.8) is 0 Å². The van der Waals surface area contributed by atoms with Crippen molar-refractivity contribution >= 4 is 11.3 Å². The zero-order valence-electron chi connectivity index (χ0n) is 12.3. The maximum absolute atomic E-state index is 8.92. The van der Waals surface area contributed by atoms with Gasteiger partial charge in [0.05, 0.1) is 5.01 Å². The average molecular weight is 294 g/mol. The molecule has 1 heterocycles. The van der Waals surface area contributed by atoms with Gasteiger partial charge in [-0.1, -0.05) is 12.8 Å². The number of rotatable bonds is 8. The Hall–Kier alpha value is -0.450. The lowest BCUT2D eigenvalue weighted by atomic mass is 10.1. The normalized spacial score (nSPS) is 20.1. The molecule has 4 heteroatoms. The zero-order valence-corrected chi connectivity index (χ0v) is 13.1. The summed E-state index contributed by atoms with van der Waals surface area (Å²) in [5.74, 6) is 0.748. The summed E-state index contributed by atoms with van der Waals surface area (Å²) in [6, 6.07) is 0.797. The molecule has 0 saturated heterocycles. The lowest BCUT2D eigenvalue weighted by molar-refractivity contribution is 0.230. The molecule has 3 rings (SSSR count). The molecule has 112 valence electrons. The van der Waals surface area contributed by atoms with Crippen LogP contribution >= 0.6 is 11.3 Å². The first-order valence-corrected chi connectivity index (χ1v) is 8.98. The summed E-state index contributed by atoms with van der Waals surface area (Å²) in [6.07, 6.45) is 12.3. The second-order valence-corrected chi connectivity index (χ2v) is 7.43. The van der Waals surface area contributed by atoms with E-state index in [0.29, 0.717) is 6.61 Å². The van der Waals surface area contributed by atoms with E-state index in [-0.39, 0.29) is 0 Å². The van der Waals surface area contributed by atoms with Crippen molar-refractivity contribution in [1.82, 2.24) is 9.88 Å². The van der Waals surface area contributed by atoms with Crippen molar-refractivity contribution in [2.45, 2.75) is 69.9 Å². The Labute approximate surface area is 126 Å². The Morgan fingerprint density at radius 1 is 1.20 bits per heavy atom. The van der Waals surface area contributed by atoms with Gasteiger partial charge >= 0.3 is 0 Å². The van der Waals surface area contributed by atoms with Crippen LogP contribution in [-0.4, -0.2) is 34.2 Å². The van der Waals surface area contributed by atoms with Crippen LogP contribution in [0.3, 0.4) is 0 Å². The van der Waals surface area contributed by atoms with Gasteiger partial charge in [0.1, 0.15) is 0 Å². The molecule has 1 aromatic rings. The fourth-order valence-corrected chi connectivity index (χ4v) is 4.33. The summed E-state index contributed by atoms with van der Waals surface area (Å²) in [4.78, 5) is 8.71. The number of nitrogens with zero attached hydrogens (tertiary/aromatic N) is 2. The molecule has 2 aliphatic rings. The molecular formula is C16H26N2OS. The van der Waals surface area contributed by atoms with E-state index in [0.717, 1.165) is 37.9 Å². The summed E-state index contributed by atoms with van der Waals surface area (Å²) in [7, 11) is 0. The van der Waals surface area contributed by atoms with Gasteiger partial charge in [-0.05, 0) is 45.1 Å². The van der Waals surface area contributed by atoms with Gasteiger partial charge < -0.3 is 5.11 Å². The predicted octanol–water partition coefficient (Wildman–Crippen LogP) is 3.54. The highest BCUT2D eigenvalue weighted by Crippen LogP contribution is 2.37. The molecule has 0 radical (unpaired) electrons. The first kappa shape index (κ1) is 14.5. The van der Waals surface area contributed by atoms with Gasteiger partial charge in [-0.2, -0.15) is 0 Å². The summed E-state index contributed by atoms with van der Waals surface area (Å²) in [6.45, 7) is 2.52. The van der Waals surface area contributed by atoms with E-state index in [4.69, 9.17) is 5.11 Å². The maximum atomic E-state index is 8.92. The molecule has 2 fully saturated rings. The number of thiazole rings is 1. The molecule has 0 spiro atoms. The van der Waals surface area contributed by atoms with Gasteiger partial charge in [-0.3, -0.25) is 4.90 Å². The van der Waals surface area contributed by atoms with Crippen LogP contribution in [0.25, 0.3) is 0 Å². The Balaban J connectivity index is 1.54. The van der Waals surface area contributed by atoms with E-state index in [1.807, 2.05) is 11.3 Å². The van der Waals surface area contributed by atoms with Crippen LogP contribution in [0, 0.1) is 0 Å². The molecule has 0 unspecified atom stereocenters. The van der Waals surface area contributed by atoms with Crippen molar-refractivity contribution in [2.75, 3.05) is 13.2 Å². The Morgan fingerprint density at radius 2 is 2.00 bits per heavy atom. The van der Waals surface area contributed by atoms with Crippen LogP contribution in [0.2, 0.25) is 0 Å². The fraction of sp³-hybridized carbons (Fsp3) is 0.812. The van der Waals surface area contributed by atoms with E-state index in [1.54, 1.807) is 0 Å². The molecule has 2 aliphatic carbocycles. The van der Waals surface area contributed by atoms with E-state index in [1.165, 1.54) is 48.4 Å². The lowest BCUT2D eigenvalue weighted by Crippen LogP contribution is -2.26. The average Bonchev–Trinajstić information content (AvgIpc) is 2.97. The van der Waals surface area contributed by atoms with Crippen LogP contribution in [0.4, 0.5) is 0 Å². The monoisotopic (exact) mass is 294 g/mol. The highest BCUT2D eigenvalue weighted by Gasteiger charge is 2.29. The molecule has 0 aromatic carbocycles. The van der Waals surface area contributed by atoms with Gasteiger partial charge in [0.15, 0.2) is 0 Å². The molecule has 1 aromatic heterocycles. The maximum Gasteiger partial charge on any atom is 0.0959 e. The minimum atomic E-state index is 0.324. The van der Waals surface area contributed by atoms with E-state index in [9.17, 15) is 0 Å². The van der Waals surface area contributed by atoms with Gasteiger partial charge in [-0.25, -0.2) is 4.98 Å². The van der Waals surface area contributed by atoms with Gasteiger partial charge in [0.25, 0.3) is 0 Å². The highest BCUT2D eigenvalue weighted by molar-refractivity contribution is 7.11. The Kier molecular flexibility index (Phi) is 5.08. The topological polar surface area (TPSA) is 36.4 Å². The van der Waals surface area contributed by atoms with Gasteiger partial charge in [0, 0.05) is 36.2 Å². The number of aliphatic hydroxyl groups is 1. The molecule has 0 aliphatic heterocycles. The van der Waals surface area contributed by atoms with Crippen LogP contribution in [0.1, 0.15) is 67.2 Å². The summed E-state index contributed by atoms with van der Waals surface area (Å²) >= 11 is 1.94. The first-order valence-electron chi connectivity index (χ1n) is 8.16. The summed E-state index contributed by atoms with van der Waals surface area (Å²) < 4.78 is 0. The SMILES string of the molecule is OCCCCN(Cc1cnc(C2CCCC2)s1)C1CC1. The van der Waals surface area contributed by atoms with Crippen molar-refractivity contribution in [3.8, 4) is 0 Å². The van der Waals surface area contributed by atoms with Crippen LogP contribution in [-0.2, 0) is 6.54 Å². The number of hydrogen-bond acceptors (Lipinski definition) is 4. The minimum absolute atomic E-state index is 0.324. The largest absolute Gasteiger partial charge is 0.396 e. The quantitative estimate of drug-likeness (QED) is 0.745. The third-order valence-electron chi connectivity index (χ3n) is 4.55. The molecule has 20 heavy (non-hydrogen) atoms. The summed E-state index contributed by atoms with van der Waals surface area (Å²) in [5.41, 5.74) is 0. The molecule has 3 nitrogen and oxygen atoms in total. The van der Waals surface area contributed by atoms with Gasteiger partial charge in [-0.15, -0.1) is 11.3 Å². The first-order chi connectivity index (χ1) is 9.86. The Bertz CT molecular complexity index is 410. The number of unbranched alkanes of at least 4 members (excludes halogenated alkanes) is 1. The lowest BCUT2D eigenvalue weighted by Gasteiger charge is -2.20. The van der Waals surface area contributed by atoms with E-state index >= 15 is 0 Å². The van der Waals surface area contributed by atoms with Crippen molar-refractivity contribution in [2.24, 2.45) is 0 Å². The fourth-order valence-electron chi connectivity index (χ4n) is 3.21. The predicted molar refractivity (Wildman–Crippen MR) is 83.1 cm³/mol. The van der Waals surface area contributed by atoms with Gasteiger partial charge in [0.2, 0.25) is 0 Å². The Morgan fingerprint density at radius 3 is 2.70 bits per heavy atom. The molecule has 1 N–H and O–H groups in total. The summed E-state index contributed by atoms with van der Waals surface area (Å²) in [5, 5.41) is 10.3. The number of hydrogen-bond donors (Lipinski definition) is 1. The number of aromatic nitrogens is 1.